The Labute approximate surface area is 106 Å². The van der Waals surface area contributed by atoms with Crippen molar-refractivity contribution in [2.45, 2.75) is 32.5 Å². The van der Waals surface area contributed by atoms with E-state index in [9.17, 15) is 9.90 Å². The predicted molar refractivity (Wildman–Crippen MR) is 66.9 cm³/mol. The Kier molecular flexibility index (Phi) is 4.29. The molecule has 5 nitrogen and oxygen atoms in total. The maximum atomic E-state index is 11.5. The van der Waals surface area contributed by atoms with Gasteiger partial charge in [-0.3, -0.25) is 5.32 Å². The predicted octanol–water partition coefficient (Wildman–Crippen LogP) is 2.59. The summed E-state index contributed by atoms with van der Waals surface area (Å²) in [6, 6.07) is 8.05. The Morgan fingerprint density at radius 2 is 1.94 bits per heavy atom. The number of nitrogens with zero attached hydrogens (tertiary/aromatic N) is 1. The average Bonchev–Trinajstić information content (AvgIpc) is 2.26. The van der Waals surface area contributed by atoms with Crippen molar-refractivity contribution < 1.29 is 14.6 Å². The van der Waals surface area contributed by atoms with E-state index in [0.717, 1.165) is 0 Å². The van der Waals surface area contributed by atoms with Crippen LogP contribution in [-0.2, 0) is 4.74 Å². The summed E-state index contributed by atoms with van der Waals surface area (Å²) in [6.07, 6.45) is -1.70. The summed E-state index contributed by atoms with van der Waals surface area (Å²) >= 11 is 0. The molecule has 0 aromatic heterocycles. The number of aliphatic hydroxyl groups is 1. The van der Waals surface area contributed by atoms with Crippen LogP contribution in [0.5, 0.6) is 0 Å². The molecule has 1 unspecified atom stereocenters. The molecule has 0 radical (unpaired) electrons. The molecule has 0 aliphatic carbocycles. The summed E-state index contributed by atoms with van der Waals surface area (Å²) in [6.45, 7) is 5.33. The molecule has 2 N–H and O–H groups in total. The molecule has 96 valence electrons. The number of benzene rings is 1. The third-order valence-corrected chi connectivity index (χ3v) is 1.99. The minimum Gasteiger partial charge on any atom is -0.444 e. The van der Waals surface area contributed by atoms with E-state index in [2.05, 4.69) is 5.32 Å². The zero-order valence-corrected chi connectivity index (χ0v) is 10.6. The van der Waals surface area contributed by atoms with Crippen molar-refractivity contribution >= 4 is 11.8 Å². The molecule has 1 aromatic rings. The van der Waals surface area contributed by atoms with Crippen LogP contribution in [0.3, 0.4) is 0 Å². The molecular formula is C13H16N2O3. The Morgan fingerprint density at radius 1 is 1.39 bits per heavy atom. The van der Waals surface area contributed by atoms with E-state index >= 15 is 0 Å². The van der Waals surface area contributed by atoms with Crippen molar-refractivity contribution in [3.8, 4) is 6.07 Å². The Hall–Kier alpha value is -2.06. The maximum Gasteiger partial charge on any atom is 0.412 e. The molecule has 0 aliphatic heterocycles. The fourth-order valence-electron chi connectivity index (χ4n) is 1.24. The second kappa shape index (κ2) is 5.52. The van der Waals surface area contributed by atoms with Crippen molar-refractivity contribution in [2.75, 3.05) is 5.32 Å². The molecule has 0 aliphatic rings. The third kappa shape index (κ3) is 4.44. The molecule has 0 fully saturated rings. The van der Waals surface area contributed by atoms with Crippen molar-refractivity contribution in [3.63, 3.8) is 0 Å². The number of ether oxygens (including phenoxy) is 1. The smallest absolute Gasteiger partial charge is 0.412 e. The lowest BCUT2D eigenvalue weighted by molar-refractivity contribution is 0.0636. The van der Waals surface area contributed by atoms with Crippen molar-refractivity contribution in [3.05, 3.63) is 29.8 Å². The first-order chi connectivity index (χ1) is 8.31. The molecule has 0 heterocycles. The summed E-state index contributed by atoms with van der Waals surface area (Å²) < 4.78 is 5.09. The van der Waals surface area contributed by atoms with Gasteiger partial charge in [0.15, 0.2) is 6.10 Å². The molecule has 0 saturated carbocycles. The van der Waals surface area contributed by atoms with Crippen LogP contribution < -0.4 is 5.32 Å². The van der Waals surface area contributed by atoms with E-state index in [1.165, 1.54) is 0 Å². The van der Waals surface area contributed by atoms with E-state index in [0.29, 0.717) is 11.3 Å². The van der Waals surface area contributed by atoms with Gasteiger partial charge in [0.2, 0.25) is 0 Å². The third-order valence-electron chi connectivity index (χ3n) is 1.99. The number of rotatable bonds is 2. The summed E-state index contributed by atoms with van der Waals surface area (Å²) in [5.41, 5.74) is 0.464. The van der Waals surface area contributed by atoms with E-state index in [1.807, 2.05) is 0 Å². The van der Waals surface area contributed by atoms with Crippen LogP contribution in [0.4, 0.5) is 10.5 Å². The number of aliphatic hydroxyl groups excluding tert-OH is 1. The van der Waals surface area contributed by atoms with Crippen LogP contribution in [0.25, 0.3) is 0 Å². The van der Waals surface area contributed by atoms with Crippen LogP contribution in [-0.4, -0.2) is 16.8 Å². The topological polar surface area (TPSA) is 82.3 Å². The average molecular weight is 248 g/mol. The number of carbonyl (C=O) groups excluding carboxylic acids is 1. The number of nitriles is 1. The highest BCUT2D eigenvalue weighted by molar-refractivity contribution is 5.84. The van der Waals surface area contributed by atoms with Crippen LogP contribution in [0.2, 0.25) is 0 Å². The molecule has 1 rings (SSSR count). The van der Waals surface area contributed by atoms with Gasteiger partial charge in [0.05, 0.1) is 6.07 Å². The monoisotopic (exact) mass is 248 g/mol. The summed E-state index contributed by atoms with van der Waals surface area (Å²) in [5, 5.41) is 20.4. The minimum absolute atomic E-state index is 0.479. The van der Waals surface area contributed by atoms with Crippen LogP contribution in [0, 0.1) is 11.3 Å². The first-order valence-corrected chi connectivity index (χ1v) is 5.49. The number of hydrogen-bond donors (Lipinski definition) is 2. The first kappa shape index (κ1) is 14.0. The Morgan fingerprint density at radius 3 is 2.39 bits per heavy atom. The van der Waals surface area contributed by atoms with Gasteiger partial charge in [-0.15, -0.1) is 0 Å². The zero-order chi connectivity index (χ0) is 13.8. The maximum absolute atomic E-state index is 11.5. The van der Waals surface area contributed by atoms with Gasteiger partial charge in [0.25, 0.3) is 0 Å². The van der Waals surface area contributed by atoms with E-state index in [1.54, 1.807) is 51.1 Å². The van der Waals surface area contributed by atoms with Crippen molar-refractivity contribution in [2.24, 2.45) is 0 Å². The van der Waals surface area contributed by atoms with Crippen LogP contribution in [0.15, 0.2) is 24.3 Å². The van der Waals surface area contributed by atoms with Gasteiger partial charge in [-0.05, 0) is 38.5 Å². The highest BCUT2D eigenvalue weighted by Gasteiger charge is 2.16. The quantitative estimate of drug-likeness (QED) is 0.788. The standard InChI is InChI=1S/C13H16N2O3/c1-13(2,3)18-12(17)15-10-6-4-9(5-7-10)11(16)8-14/h4-7,11,16H,1-3H3,(H,15,17). The zero-order valence-electron chi connectivity index (χ0n) is 10.6. The normalized spacial score (nSPS) is 12.4. The fraction of sp³-hybridized carbons (Fsp3) is 0.385. The molecule has 1 aromatic carbocycles. The summed E-state index contributed by atoms with van der Waals surface area (Å²) in [4.78, 5) is 11.5. The minimum atomic E-state index is -1.15. The van der Waals surface area contributed by atoms with E-state index < -0.39 is 17.8 Å². The van der Waals surface area contributed by atoms with Gasteiger partial charge in [-0.2, -0.15) is 5.26 Å². The molecule has 0 saturated heterocycles. The van der Waals surface area contributed by atoms with Crippen LogP contribution >= 0.6 is 0 Å². The van der Waals surface area contributed by atoms with Gasteiger partial charge in [-0.25, -0.2) is 4.79 Å². The lowest BCUT2D eigenvalue weighted by atomic mass is 10.1. The second-order valence-electron chi connectivity index (χ2n) is 4.78. The Bertz CT molecular complexity index is 455. The highest BCUT2D eigenvalue weighted by atomic mass is 16.6. The van der Waals surface area contributed by atoms with Gasteiger partial charge in [0, 0.05) is 5.69 Å². The fourth-order valence-corrected chi connectivity index (χ4v) is 1.24. The van der Waals surface area contributed by atoms with Gasteiger partial charge in [-0.1, -0.05) is 12.1 Å². The van der Waals surface area contributed by atoms with Gasteiger partial charge in [0.1, 0.15) is 5.60 Å². The molecular weight excluding hydrogens is 232 g/mol. The number of carbonyl (C=O) groups is 1. The molecule has 18 heavy (non-hydrogen) atoms. The number of nitrogens with one attached hydrogen (secondary N) is 1. The van der Waals surface area contributed by atoms with E-state index in [4.69, 9.17) is 10.00 Å². The molecule has 1 amide bonds. The number of anilines is 1. The summed E-state index contributed by atoms with van der Waals surface area (Å²) in [7, 11) is 0. The first-order valence-electron chi connectivity index (χ1n) is 5.49. The largest absolute Gasteiger partial charge is 0.444 e. The number of hydrogen-bond acceptors (Lipinski definition) is 4. The molecule has 1 atom stereocenters. The van der Waals surface area contributed by atoms with Crippen LogP contribution in [0.1, 0.15) is 32.4 Å². The van der Waals surface area contributed by atoms with Gasteiger partial charge < -0.3 is 9.84 Å². The highest BCUT2D eigenvalue weighted by Crippen LogP contribution is 2.16. The molecule has 5 heteroatoms. The number of amides is 1. The SMILES string of the molecule is CC(C)(C)OC(=O)Nc1ccc(C(O)C#N)cc1. The van der Waals surface area contributed by atoms with Crippen molar-refractivity contribution in [1.29, 1.82) is 5.26 Å². The Balaban J connectivity index is 2.65. The van der Waals surface area contributed by atoms with Gasteiger partial charge >= 0.3 is 6.09 Å². The molecule has 0 bridgehead atoms. The lowest BCUT2D eigenvalue weighted by Crippen LogP contribution is -2.27. The second-order valence-corrected chi connectivity index (χ2v) is 4.78. The van der Waals surface area contributed by atoms with E-state index in [-0.39, 0.29) is 0 Å². The molecule has 0 spiro atoms. The summed E-state index contributed by atoms with van der Waals surface area (Å²) in [5.74, 6) is 0. The van der Waals surface area contributed by atoms with Crippen molar-refractivity contribution in [1.82, 2.24) is 0 Å². The lowest BCUT2D eigenvalue weighted by Gasteiger charge is -2.19.